The van der Waals surface area contributed by atoms with E-state index in [0.29, 0.717) is 12.5 Å². The van der Waals surface area contributed by atoms with Gasteiger partial charge in [0.15, 0.2) is 0 Å². The van der Waals surface area contributed by atoms with Crippen LogP contribution in [0.3, 0.4) is 0 Å². The van der Waals surface area contributed by atoms with Crippen molar-refractivity contribution in [2.75, 3.05) is 6.54 Å². The van der Waals surface area contributed by atoms with E-state index in [1.165, 1.54) is 38.5 Å². The van der Waals surface area contributed by atoms with Crippen LogP contribution in [-0.2, 0) is 4.79 Å². The highest BCUT2D eigenvalue weighted by molar-refractivity contribution is 5.73. The third-order valence-corrected chi connectivity index (χ3v) is 3.44. The lowest BCUT2D eigenvalue weighted by Crippen LogP contribution is -2.35. The third kappa shape index (κ3) is 5.17. The average Bonchev–Trinajstić information content (AvgIpc) is 2.44. The van der Waals surface area contributed by atoms with Crippen molar-refractivity contribution >= 4 is 5.91 Å². The van der Waals surface area contributed by atoms with Gasteiger partial charge in [0.05, 0.1) is 0 Å². The number of amides is 1. The minimum absolute atomic E-state index is 0.212. The molecule has 1 saturated carbocycles. The van der Waals surface area contributed by atoms with Gasteiger partial charge < -0.3 is 11.1 Å². The van der Waals surface area contributed by atoms with E-state index in [0.717, 1.165) is 12.5 Å². The number of nitrogens with one attached hydrogen (secondary N) is 1. The number of rotatable bonds is 5. The van der Waals surface area contributed by atoms with Crippen molar-refractivity contribution in [1.29, 1.82) is 0 Å². The molecule has 0 spiro atoms. The molecule has 3 heteroatoms. The highest BCUT2D eigenvalue weighted by atomic mass is 16.1. The molecule has 1 aliphatic carbocycles. The molecule has 0 unspecified atom stereocenters. The van der Waals surface area contributed by atoms with Gasteiger partial charge in [-0.05, 0) is 25.7 Å². The monoisotopic (exact) mass is 212 g/mol. The number of hydrogen-bond donors (Lipinski definition) is 2. The van der Waals surface area contributed by atoms with Gasteiger partial charge in [-0.15, -0.1) is 0 Å². The van der Waals surface area contributed by atoms with E-state index in [1.54, 1.807) is 0 Å². The first-order valence-electron chi connectivity index (χ1n) is 6.22. The van der Waals surface area contributed by atoms with Crippen LogP contribution in [0.2, 0.25) is 0 Å². The van der Waals surface area contributed by atoms with Crippen molar-refractivity contribution in [3.8, 4) is 0 Å². The predicted octanol–water partition coefficient (Wildman–Crippen LogP) is 1.81. The topological polar surface area (TPSA) is 55.1 Å². The Morgan fingerprint density at radius 2 is 1.93 bits per heavy atom. The summed E-state index contributed by atoms with van der Waals surface area (Å²) in [5.74, 6) is 0.580. The molecule has 3 nitrogen and oxygen atoms in total. The quantitative estimate of drug-likeness (QED) is 0.683. The molecule has 0 aromatic rings. The molecule has 1 aliphatic rings. The van der Waals surface area contributed by atoms with Gasteiger partial charge in [-0.2, -0.15) is 0 Å². The Bertz CT molecular complexity index is 186. The van der Waals surface area contributed by atoms with E-state index >= 15 is 0 Å². The van der Waals surface area contributed by atoms with Crippen LogP contribution in [0.5, 0.6) is 0 Å². The minimum Gasteiger partial charge on any atom is -0.370 e. The smallest absolute Gasteiger partial charge is 0.218 e. The highest BCUT2D eigenvalue weighted by Crippen LogP contribution is 2.25. The van der Waals surface area contributed by atoms with Crippen LogP contribution in [0.25, 0.3) is 0 Å². The fourth-order valence-electron chi connectivity index (χ4n) is 2.40. The molecule has 1 atom stereocenters. The zero-order valence-corrected chi connectivity index (χ0v) is 9.80. The van der Waals surface area contributed by atoms with Crippen LogP contribution in [0.4, 0.5) is 0 Å². The first-order chi connectivity index (χ1) is 7.20. The second-order valence-electron chi connectivity index (χ2n) is 4.71. The molecule has 15 heavy (non-hydrogen) atoms. The van der Waals surface area contributed by atoms with E-state index in [2.05, 4.69) is 12.2 Å². The maximum atomic E-state index is 10.6. The van der Waals surface area contributed by atoms with Crippen molar-refractivity contribution in [3.05, 3.63) is 0 Å². The molecule has 0 aliphatic heterocycles. The van der Waals surface area contributed by atoms with E-state index in [-0.39, 0.29) is 5.91 Å². The molecule has 1 rings (SSSR count). The molecule has 0 aromatic heterocycles. The lowest BCUT2D eigenvalue weighted by Gasteiger charge is -2.23. The van der Waals surface area contributed by atoms with Gasteiger partial charge in [0.25, 0.3) is 0 Å². The second-order valence-corrected chi connectivity index (χ2v) is 4.71. The molecule has 3 N–H and O–H groups in total. The van der Waals surface area contributed by atoms with Crippen LogP contribution < -0.4 is 11.1 Å². The Kier molecular flexibility index (Phi) is 5.69. The summed E-state index contributed by atoms with van der Waals surface area (Å²) in [5, 5.41) is 3.41. The summed E-state index contributed by atoms with van der Waals surface area (Å²) in [6, 6.07) is 0.530. The molecule has 0 bridgehead atoms. The second kappa shape index (κ2) is 6.83. The van der Waals surface area contributed by atoms with Gasteiger partial charge in [-0.3, -0.25) is 4.79 Å². The fraction of sp³-hybridized carbons (Fsp3) is 0.917. The SMILES string of the molecule is C[C@H](NCCC(N)=O)C1CCCCCC1. The zero-order valence-electron chi connectivity index (χ0n) is 9.80. The Labute approximate surface area is 92.8 Å². The number of primary amides is 1. The van der Waals surface area contributed by atoms with Crippen molar-refractivity contribution in [2.45, 2.75) is 57.9 Å². The van der Waals surface area contributed by atoms with Crippen LogP contribution in [-0.4, -0.2) is 18.5 Å². The van der Waals surface area contributed by atoms with Crippen LogP contribution in [0.1, 0.15) is 51.9 Å². The minimum atomic E-state index is -0.212. The molecule has 1 amide bonds. The Morgan fingerprint density at radius 3 is 2.47 bits per heavy atom. The fourth-order valence-corrected chi connectivity index (χ4v) is 2.40. The standard InChI is InChI=1S/C12H24N2O/c1-10(14-9-8-12(13)15)11-6-4-2-3-5-7-11/h10-11,14H,2-9H2,1H3,(H2,13,15)/t10-/m0/s1. The maximum absolute atomic E-state index is 10.6. The van der Waals surface area contributed by atoms with Crippen molar-refractivity contribution in [1.82, 2.24) is 5.32 Å². The summed E-state index contributed by atoms with van der Waals surface area (Å²) in [4.78, 5) is 10.6. The first-order valence-corrected chi connectivity index (χ1v) is 6.22. The van der Waals surface area contributed by atoms with Crippen LogP contribution in [0.15, 0.2) is 0 Å². The summed E-state index contributed by atoms with van der Waals surface area (Å²) < 4.78 is 0. The third-order valence-electron chi connectivity index (χ3n) is 3.44. The molecule has 1 fully saturated rings. The van der Waals surface area contributed by atoms with E-state index in [9.17, 15) is 4.79 Å². The summed E-state index contributed by atoms with van der Waals surface area (Å²) in [7, 11) is 0. The Balaban J connectivity index is 2.19. The van der Waals surface area contributed by atoms with Gasteiger partial charge in [0.2, 0.25) is 5.91 Å². The number of nitrogens with two attached hydrogens (primary N) is 1. The maximum Gasteiger partial charge on any atom is 0.218 e. The van der Waals surface area contributed by atoms with E-state index in [1.807, 2.05) is 0 Å². The summed E-state index contributed by atoms with van der Waals surface area (Å²) >= 11 is 0. The first kappa shape index (κ1) is 12.5. The number of carbonyl (C=O) groups is 1. The van der Waals surface area contributed by atoms with Crippen molar-refractivity contribution < 1.29 is 4.79 Å². The van der Waals surface area contributed by atoms with Crippen molar-refractivity contribution in [3.63, 3.8) is 0 Å². The predicted molar refractivity (Wildman–Crippen MR) is 62.5 cm³/mol. The lowest BCUT2D eigenvalue weighted by atomic mass is 9.93. The van der Waals surface area contributed by atoms with Gasteiger partial charge in [0.1, 0.15) is 0 Å². The molecular formula is C12H24N2O. The van der Waals surface area contributed by atoms with E-state index < -0.39 is 0 Å². The normalized spacial score (nSPS) is 20.9. The average molecular weight is 212 g/mol. The van der Waals surface area contributed by atoms with Crippen molar-refractivity contribution in [2.24, 2.45) is 11.7 Å². The molecule has 88 valence electrons. The molecule has 0 aromatic carbocycles. The number of hydrogen-bond acceptors (Lipinski definition) is 2. The molecule has 0 saturated heterocycles. The Morgan fingerprint density at radius 1 is 1.33 bits per heavy atom. The highest BCUT2D eigenvalue weighted by Gasteiger charge is 2.18. The summed E-state index contributed by atoms with van der Waals surface area (Å²) in [6.07, 6.45) is 8.65. The number of carbonyl (C=O) groups excluding carboxylic acids is 1. The molecule has 0 radical (unpaired) electrons. The lowest BCUT2D eigenvalue weighted by molar-refractivity contribution is -0.117. The summed E-state index contributed by atoms with van der Waals surface area (Å²) in [5.41, 5.74) is 5.10. The van der Waals surface area contributed by atoms with Gasteiger partial charge in [-0.25, -0.2) is 0 Å². The summed E-state index contributed by atoms with van der Waals surface area (Å²) in [6.45, 7) is 2.96. The molecule has 0 heterocycles. The largest absolute Gasteiger partial charge is 0.370 e. The van der Waals surface area contributed by atoms with Gasteiger partial charge >= 0.3 is 0 Å². The van der Waals surface area contributed by atoms with E-state index in [4.69, 9.17) is 5.73 Å². The van der Waals surface area contributed by atoms with Crippen LogP contribution in [0, 0.1) is 5.92 Å². The van der Waals surface area contributed by atoms with Gasteiger partial charge in [-0.1, -0.05) is 25.7 Å². The van der Waals surface area contributed by atoms with Crippen LogP contribution >= 0.6 is 0 Å². The van der Waals surface area contributed by atoms with Gasteiger partial charge in [0, 0.05) is 19.0 Å². The molecular weight excluding hydrogens is 188 g/mol. The zero-order chi connectivity index (χ0) is 11.1. The Hall–Kier alpha value is -0.570.